The van der Waals surface area contributed by atoms with Gasteiger partial charge in [-0.25, -0.2) is 9.99 Å². The topological polar surface area (TPSA) is 45.6 Å². The van der Waals surface area contributed by atoms with E-state index in [0.29, 0.717) is 9.90 Å². The Hall–Kier alpha value is -2.47. The number of thiazole rings is 1. The Morgan fingerprint density at radius 2 is 1.85 bits per heavy atom. The van der Waals surface area contributed by atoms with E-state index >= 15 is 0 Å². The Morgan fingerprint density at radius 3 is 2.55 bits per heavy atom. The lowest BCUT2D eigenvalue weighted by atomic mass is 9.77. The predicted octanol–water partition coefficient (Wildman–Crippen LogP) is 7.76. The minimum Gasteiger partial charge on any atom is -0.294 e. The van der Waals surface area contributed by atoms with Gasteiger partial charge in [-0.3, -0.25) is 4.79 Å². The molecule has 0 unspecified atom stereocenters. The second-order valence-electron chi connectivity index (χ2n) is 8.45. The third-order valence-corrected chi connectivity index (χ3v) is 8.20. The molecular formula is C26H23Cl2N3OS. The first-order chi connectivity index (χ1) is 15.9. The fraction of sp³-hybridized carbons (Fsp3) is 0.269. The number of carbonyl (C=O) groups excluding carboxylic acids is 1. The van der Waals surface area contributed by atoms with Gasteiger partial charge >= 0.3 is 0 Å². The molecule has 2 aromatic carbocycles. The molecule has 7 heteroatoms. The number of hydrazone groups is 1. The van der Waals surface area contributed by atoms with Crippen LogP contribution in [0.2, 0.25) is 10.0 Å². The number of nitrogens with zero attached hydrogens (tertiary/aromatic N) is 3. The monoisotopic (exact) mass is 495 g/mol. The number of carbonyl (C=O) groups is 1. The quantitative estimate of drug-likeness (QED) is 0.347. The van der Waals surface area contributed by atoms with E-state index in [1.54, 1.807) is 6.92 Å². The van der Waals surface area contributed by atoms with Crippen LogP contribution in [0.3, 0.4) is 0 Å². The fourth-order valence-electron chi connectivity index (χ4n) is 4.77. The Labute approximate surface area is 207 Å². The highest BCUT2D eigenvalue weighted by Crippen LogP contribution is 2.48. The van der Waals surface area contributed by atoms with E-state index in [1.165, 1.54) is 16.9 Å². The third-order valence-electron chi connectivity index (χ3n) is 6.26. The average molecular weight is 496 g/mol. The van der Waals surface area contributed by atoms with Crippen LogP contribution in [-0.2, 0) is 0 Å². The molecule has 33 heavy (non-hydrogen) atoms. The van der Waals surface area contributed by atoms with Gasteiger partial charge in [-0.1, -0.05) is 70.9 Å². The van der Waals surface area contributed by atoms with E-state index in [0.717, 1.165) is 51.9 Å². The minimum absolute atomic E-state index is 0.0223. The Morgan fingerprint density at radius 1 is 1.12 bits per heavy atom. The average Bonchev–Trinajstić information content (AvgIpc) is 3.37. The Bertz CT molecular complexity index is 1300. The number of ketones is 1. The number of hydrogen-bond donors (Lipinski definition) is 0. The van der Waals surface area contributed by atoms with Gasteiger partial charge in [0.1, 0.15) is 0 Å². The molecule has 0 spiro atoms. The summed E-state index contributed by atoms with van der Waals surface area (Å²) in [6.07, 6.45) is 5.17. The number of anilines is 1. The van der Waals surface area contributed by atoms with Crippen LogP contribution in [0, 0.1) is 12.8 Å². The summed E-state index contributed by atoms with van der Waals surface area (Å²) in [4.78, 5) is 17.5. The zero-order chi connectivity index (χ0) is 23.1. The number of aromatic nitrogens is 1. The van der Waals surface area contributed by atoms with Gasteiger partial charge < -0.3 is 0 Å². The van der Waals surface area contributed by atoms with Crippen molar-refractivity contribution in [1.29, 1.82) is 0 Å². The molecule has 4 nitrogen and oxygen atoms in total. The van der Waals surface area contributed by atoms with Gasteiger partial charge in [-0.2, -0.15) is 5.10 Å². The van der Waals surface area contributed by atoms with Gasteiger partial charge in [0, 0.05) is 22.9 Å². The molecule has 1 aliphatic heterocycles. The molecular weight excluding hydrogens is 473 g/mol. The summed E-state index contributed by atoms with van der Waals surface area (Å²) in [5, 5.41) is 9.27. The minimum atomic E-state index is -0.0750. The maximum atomic E-state index is 12.1. The van der Waals surface area contributed by atoms with E-state index in [1.807, 2.05) is 54.4 Å². The maximum Gasteiger partial charge on any atom is 0.207 e. The second kappa shape index (κ2) is 9.05. The van der Waals surface area contributed by atoms with Crippen LogP contribution in [0.4, 0.5) is 5.13 Å². The van der Waals surface area contributed by atoms with Crippen LogP contribution in [-0.4, -0.2) is 16.5 Å². The highest BCUT2D eigenvalue weighted by atomic mass is 35.5. The molecule has 1 aliphatic carbocycles. The number of Topliss-reactive ketones (excluding diaryl/α,β-unsaturated/α-hetero) is 1. The highest BCUT2D eigenvalue weighted by Gasteiger charge is 2.43. The third kappa shape index (κ3) is 4.14. The first kappa shape index (κ1) is 22.3. The smallest absolute Gasteiger partial charge is 0.207 e. The maximum absolute atomic E-state index is 12.1. The van der Waals surface area contributed by atoms with Crippen LogP contribution < -0.4 is 5.01 Å². The van der Waals surface area contributed by atoms with Gasteiger partial charge in [0.25, 0.3) is 0 Å². The molecule has 0 radical (unpaired) electrons. The van der Waals surface area contributed by atoms with Crippen molar-refractivity contribution in [2.45, 2.75) is 39.2 Å². The largest absolute Gasteiger partial charge is 0.294 e. The lowest BCUT2D eigenvalue weighted by Crippen LogP contribution is -2.28. The first-order valence-corrected chi connectivity index (χ1v) is 12.6. The van der Waals surface area contributed by atoms with Crippen molar-refractivity contribution < 1.29 is 4.79 Å². The summed E-state index contributed by atoms with van der Waals surface area (Å²) in [7, 11) is 0. The number of benzene rings is 2. The predicted molar refractivity (Wildman–Crippen MR) is 138 cm³/mol. The van der Waals surface area contributed by atoms with Crippen LogP contribution >= 0.6 is 34.5 Å². The van der Waals surface area contributed by atoms with Crippen molar-refractivity contribution in [3.05, 3.63) is 85.8 Å². The van der Waals surface area contributed by atoms with E-state index in [9.17, 15) is 4.79 Å². The molecule has 0 bridgehead atoms. The summed E-state index contributed by atoms with van der Waals surface area (Å²) >= 11 is 14.5. The number of halogens is 2. The normalized spacial score (nSPS) is 21.3. The first-order valence-electron chi connectivity index (χ1n) is 11.0. The second-order valence-corrected chi connectivity index (χ2v) is 10.2. The number of hydrogen-bond acceptors (Lipinski definition) is 5. The van der Waals surface area contributed by atoms with Crippen LogP contribution in [0.25, 0.3) is 6.08 Å². The molecule has 0 N–H and O–H groups in total. The molecule has 3 aromatic rings. The molecule has 2 aliphatic rings. The fourth-order valence-corrected chi connectivity index (χ4v) is 6.16. The van der Waals surface area contributed by atoms with E-state index in [-0.39, 0.29) is 17.7 Å². The summed E-state index contributed by atoms with van der Waals surface area (Å²) in [6.45, 7) is 3.45. The van der Waals surface area contributed by atoms with Crippen LogP contribution in [0.1, 0.15) is 58.7 Å². The molecule has 2 atom stereocenters. The Kier molecular flexibility index (Phi) is 6.12. The summed E-state index contributed by atoms with van der Waals surface area (Å²) < 4.78 is 0. The number of aryl methyl sites for hydroxylation is 1. The number of allylic oxidation sites excluding steroid dienone is 1. The zero-order valence-corrected chi connectivity index (χ0v) is 20.7. The van der Waals surface area contributed by atoms with Crippen LogP contribution in [0.5, 0.6) is 0 Å². The highest BCUT2D eigenvalue weighted by molar-refractivity contribution is 7.17. The SMILES string of the molecule is CC(=O)c1sc(N2N=C3/C(=C/c4ccccc4Cl)CCC[C@H]3[C@@H]2c2ccccc2Cl)nc1C. The molecule has 0 amide bonds. The van der Waals surface area contributed by atoms with Crippen molar-refractivity contribution in [1.82, 2.24) is 4.98 Å². The van der Waals surface area contributed by atoms with Gasteiger partial charge in [0.15, 0.2) is 5.78 Å². The summed E-state index contributed by atoms with van der Waals surface area (Å²) in [5.74, 6) is 0.200. The molecule has 5 rings (SSSR count). The van der Waals surface area contributed by atoms with Crippen molar-refractivity contribution in [2.75, 3.05) is 5.01 Å². The van der Waals surface area contributed by atoms with Gasteiger partial charge in [0.05, 0.1) is 22.3 Å². The summed E-state index contributed by atoms with van der Waals surface area (Å²) in [5.41, 5.74) is 5.01. The van der Waals surface area contributed by atoms with Crippen molar-refractivity contribution in [3.8, 4) is 0 Å². The number of rotatable bonds is 4. The Balaban J connectivity index is 1.64. The molecule has 0 saturated heterocycles. The molecule has 168 valence electrons. The molecule has 1 saturated carbocycles. The van der Waals surface area contributed by atoms with E-state index < -0.39 is 0 Å². The van der Waals surface area contributed by atoms with Gasteiger partial charge in [0.2, 0.25) is 5.13 Å². The van der Waals surface area contributed by atoms with Crippen LogP contribution in [0.15, 0.2) is 59.2 Å². The summed E-state index contributed by atoms with van der Waals surface area (Å²) in [6, 6.07) is 15.7. The van der Waals surface area contributed by atoms with Crippen molar-refractivity contribution >= 4 is 57.2 Å². The standard InChI is InChI=1S/C26H23Cl2N3OS/c1-15-25(16(2)32)33-26(29-15)31-24(19-10-4-6-13-22(19)28)20-11-7-9-18(23(20)30-31)14-17-8-3-5-12-21(17)27/h3-6,8,10,12-14,20,24H,7,9,11H2,1-2H3/b18-14+/t20-,24+/m1/s1. The van der Waals surface area contributed by atoms with Crippen molar-refractivity contribution in [3.63, 3.8) is 0 Å². The molecule has 1 aromatic heterocycles. The lowest BCUT2D eigenvalue weighted by Gasteiger charge is -2.30. The zero-order valence-electron chi connectivity index (χ0n) is 18.4. The molecule has 2 heterocycles. The van der Waals surface area contributed by atoms with Crippen molar-refractivity contribution in [2.24, 2.45) is 11.0 Å². The van der Waals surface area contributed by atoms with E-state index in [4.69, 9.17) is 33.3 Å². The van der Waals surface area contributed by atoms with E-state index in [2.05, 4.69) is 12.1 Å². The number of fused-ring (bicyclic) bond motifs is 1. The van der Waals surface area contributed by atoms with Gasteiger partial charge in [-0.15, -0.1) is 0 Å². The lowest BCUT2D eigenvalue weighted by molar-refractivity contribution is 0.102. The molecule has 1 fully saturated rings. The van der Waals surface area contributed by atoms with Gasteiger partial charge in [-0.05, 0) is 61.1 Å².